The molecule has 2 aromatic carbocycles. The van der Waals surface area contributed by atoms with Gasteiger partial charge in [-0.15, -0.1) is 0 Å². The molecule has 3 aromatic heterocycles. The van der Waals surface area contributed by atoms with Crippen LogP contribution >= 0.6 is 0 Å². The molecule has 0 amide bonds. The SMILES string of the molecule is CCOc1cc(C=Nc2oc(-c3ccco3)c(-c3ccco3)c2C#N)ccc1OCc1ccccc1. The molecule has 0 N–H and O–H groups in total. The smallest absolute Gasteiger partial charge is 0.238 e. The van der Waals surface area contributed by atoms with Gasteiger partial charge in [-0.3, -0.25) is 0 Å². The maximum absolute atomic E-state index is 9.92. The number of ether oxygens (including phenoxy) is 2. The van der Waals surface area contributed by atoms with E-state index in [1.165, 1.54) is 12.5 Å². The van der Waals surface area contributed by atoms with Crippen molar-refractivity contribution in [3.8, 4) is 40.4 Å². The van der Waals surface area contributed by atoms with Crippen molar-refractivity contribution in [1.82, 2.24) is 0 Å². The van der Waals surface area contributed by atoms with E-state index in [1.807, 2.05) is 55.5 Å². The average Bonchev–Trinajstić information content (AvgIpc) is 3.68. The summed E-state index contributed by atoms with van der Waals surface area (Å²) < 4.78 is 28.8. The third kappa shape index (κ3) is 4.79. The zero-order valence-corrected chi connectivity index (χ0v) is 19.5. The maximum Gasteiger partial charge on any atom is 0.238 e. The van der Waals surface area contributed by atoms with Gasteiger partial charge in [0.2, 0.25) is 5.88 Å². The number of furan rings is 3. The van der Waals surface area contributed by atoms with Crippen LogP contribution in [-0.2, 0) is 6.61 Å². The fourth-order valence-corrected chi connectivity index (χ4v) is 3.71. The normalized spacial score (nSPS) is 11.0. The van der Waals surface area contributed by atoms with E-state index in [9.17, 15) is 5.26 Å². The monoisotopic (exact) mass is 478 g/mol. The first-order valence-corrected chi connectivity index (χ1v) is 11.4. The summed E-state index contributed by atoms with van der Waals surface area (Å²) in [6.07, 6.45) is 4.69. The molecular weight excluding hydrogens is 456 g/mol. The van der Waals surface area contributed by atoms with Gasteiger partial charge < -0.3 is 22.7 Å². The van der Waals surface area contributed by atoms with Crippen LogP contribution in [0.3, 0.4) is 0 Å². The van der Waals surface area contributed by atoms with E-state index in [4.69, 9.17) is 22.7 Å². The second-order valence-electron chi connectivity index (χ2n) is 7.72. The Morgan fingerprint density at radius 3 is 2.36 bits per heavy atom. The molecule has 0 saturated heterocycles. The summed E-state index contributed by atoms with van der Waals surface area (Å²) in [5.74, 6) is 2.72. The van der Waals surface area contributed by atoms with Crippen LogP contribution in [-0.4, -0.2) is 12.8 Å². The number of benzene rings is 2. The van der Waals surface area contributed by atoms with Gasteiger partial charge in [0.05, 0.1) is 24.7 Å². The zero-order valence-electron chi connectivity index (χ0n) is 19.5. The average molecular weight is 479 g/mol. The fourth-order valence-electron chi connectivity index (χ4n) is 3.71. The van der Waals surface area contributed by atoms with Crippen molar-refractivity contribution in [2.24, 2.45) is 4.99 Å². The molecule has 3 heterocycles. The summed E-state index contributed by atoms with van der Waals surface area (Å²) in [4.78, 5) is 4.48. The van der Waals surface area contributed by atoms with Crippen LogP contribution in [0.1, 0.15) is 23.6 Å². The molecule has 0 spiro atoms. The van der Waals surface area contributed by atoms with E-state index in [0.29, 0.717) is 47.6 Å². The van der Waals surface area contributed by atoms with E-state index in [2.05, 4.69) is 11.1 Å². The Labute approximate surface area is 207 Å². The van der Waals surface area contributed by atoms with E-state index in [-0.39, 0.29) is 11.4 Å². The molecule has 0 aliphatic rings. The lowest BCUT2D eigenvalue weighted by atomic mass is 10.1. The Hall–Kier alpha value is -4.96. The first kappa shape index (κ1) is 22.8. The van der Waals surface area contributed by atoms with Gasteiger partial charge in [-0.05, 0) is 60.5 Å². The Balaban J connectivity index is 1.45. The number of nitrogens with zero attached hydrogens (tertiary/aromatic N) is 2. The maximum atomic E-state index is 9.92. The van der Waals surface area contributed by atoms with Crippen LogP contribution in [0.5, 0.6) is 11.5 Å². The molecule has 0 fully saturated rings. The number of aliphatic imine (C=N–C) groups is 1. The van der Waals surface area contributed by atoms with Gasteiger partial charge >= 0.3 is 0 Å². The number of nitriles is 1. The molecule has 178 valence electrons. The van der Waals surface area contributed by atoms with Gasteiger partial charge in [0, 0.05) is 6.21 Å². The van der Waals surface area contributed by atoms with E-state index < -0.39 is 0 Å². The Morgan fingerprint density at radius 1 is 0.889 bits per heavy atom. The van der Waals surface area contributed by atoms with Gasteiger partial charge in [0.25, 0.3) is 0 Å². The Bertz CT molecular complexity index is 1490. The van der Waals surface area contributed by atoms with Gasteiger partial charge in [-0.25, -0.2) is 4.99 Å². The topological polar surface area (TPSA) is 94.0 Å². The molecule has 0 bridgehead atoms. The summed E-state index contributed by atoms with van der Waals surface area (Å²) in [6, 6.07) is 24.7. The number of rotatable bonds is 9. The van der Waals surface area contributed by atoms with Crippen molar-refractivity contribution < 1.29 is 22.7 Å². The molecule has 5 aromatic rings. The lowest BCUT2D eigenvalue weighted by molar-refractivity contribution is 0.269. The third-order valence-electron chi connectivity index (χ3n) is 5.35. The van der Waals surface area contributed by atoms with Crippen LogP contribution in [0.15, 0.2) is 104 Å². The summed E-state index contributed by atoms with van der Waals surface area (Å²) >= 11 is 0. The quantitative estimate of drug-likeness (QED) is 0.205. The van der Waals surface area contributed by atoms with E-state index in [1.54, 1.807) is 30.5 Å². The molecule has 0 atom stereocenters. The van der Waals surface area contributed by atoms with Gasteiger partial charge in [0.1, 0.15) is 24.0 Å². The van der Waals surface area contributed by atoms with Crippen LogP contribution < -0.4 is 9.47 Å². The van der Waals surface area contributed by atoms with Crippen molar-refractivity contribution in [3.63, 3.8) is 0 Å². The Kier molecular flexibility index (Phi) is 6.68. The first-order valence-electron chi connectivity index (χ1n) is 11.4. The molecule has 7 nitrogen and oxygen atoms in total. The van der Waals surface area contributed by atoms with Gasteiger partial charge in [-0.2, -0.15) is 5.26 Å². The highest BCUT2D eigenvalue weighted by atomic mass is 16.5. The van der Waals surface area contributed by atoms with E-state index >= 15 is 0 Å². The largest absolute Gasteiger partial charge is 0.490 e. The van der Waals surface area contributed by atoms with Crippen molar-refractivity contribution in [3.05, 3.63) is 102 Å². The first-order chi connectivity index (χ1) is 17.8. The van der Waals surface area contributed by atoms with Crippen LogP contribution in [0, 0.1) is 11.3 Å². The summed E-state index contributed by atoms with van der Waals surface area (Å²) in [5.41, 5.74) is 2.56. The molecule has 0 saturated carbocycles. The molecule has 36 heavy (non-hydrogen) atoms. The lowest BCUT2D eigenvalue weighted by Crippen LogP contribution is -2.00. The van der Waals surface area contributed by atoms with Gasteiger partial charge in [-0.1, -0.05) is 30.3 Å². The van der Waals surface area contributed by atoms with Crippen molar-refractivity contribution in [2.45, 2.75) is 13.5 Å². The molecule has 0 unspecified atom stereocenters. The van der Waals surface area contributed by atoms with Crippen molar-refractivity contribution in [2.75, 3.05) is 6.61 Å². The van der Waals surface area contributed by atoms with E-state index in [0.717, 1.165) is 11.1 Å². The summed E-state index contributed by atoms with van der Waals surface area (Å²) in [5, 5.41) is 9.92. The standard InChI is InChI=1S/C29H22N2O5/c1-2-32-26-16-21(12-13-23(26)35-19-20-8-4-3-5-9-20)18-31-29-22(17-30)27(24-10-6-14-33-24)28(36-29)25-11-7-15-34-25/h3-16,18H,2,19H2,1H3. The third-order valence-corrected chi connectivity index (χ3v) is 5.35. The fraction of sp³-hybridized carbons (Fsp3) is 0.103. The highest BCUT2D eigenvalue weighted by Gasteiger charge is 2.26. The second kappa shape index (κ2) is 10.5. The molecule has 7 heteroatoms. The summed E-state index contributed by atoms with van der Waals surface area (Å²) in [6.45, 7) is 2.82. The van der Waals surface area contributed by atoms with Crippen LogP contribution in [0.4, 0.5) is 5.88 Å². The predicted molar refractivity (Wildman–Crippen MR) is 134 cm³/mol. The zero-order chi connectivity index (χ0) is 24.7. The Morgan fingerprint density at radius 2 is 1.67 bits per heavy atom. The molecular formula is C29H22N2O5. The van der Waals surface area contributed by atoms with Crippen LogP contribution in [0.25, 0.3) is 22.8 Å². The minimum absolute atomic E-state index is 0.151. The highest BCUT2D eigenvalue weighted by Crippen LogP contribution is 2.42. The summed E-state index contributed by atoms with van der Waals surface area (Å²) in [7, 11) is 0. The number of hydrogen-bond donors (Lipinski definition) is 0. The minimum atomic E-state index is 0.151. The number of hydrogen-bond acceptors (Lipinski definition) is 7. The molecule has 5 rings (SSSR count). The lowest BCUT2D eigenvalue weighted by Gasteiger charge is -2.12. The second-order valence-corrected chi connectivity index (χ2v) is 7.72. The predicted octanol–water partition coefficient (Wildman–Crippen LogP) is 7.40. The molecule has 0 aliphatic carbocycles. The van der Waals surface area contributed by atoms with Crippen LogP contribution in [0.2, 0.25) is 0 Å². The van der Waals surface area contributed by atoms with Gasteiger partial charge in [0.15, 0.2) is 23.0 Å². The molecule has 0 radical (unpaired) electrons. The highest BCUT2D eigenvalue weighted by molar-refractivity contribution is 5.87. The van der Waals surface area contributed by atoms with Crippen molar-refractivity contribution in [1.29, 1.82) is 5.26 Å². The minimum Gasteiger partial charge on any atom is -0.490 e. The molecule has 0 aliphatic heterocycles. The van der Waals surface area contributed by atoms with Crippen molar-refractivity contribution >= 4 is 12.1 Å².